The van der Waals surface area contributed by atoms with E-state index in [2.05, 4.69) is 5.16 Å². The highest BCUT2D eigenvalue weighted by Crippen LogP contribution is 2.27. The first-order valence-electron chi connectivity index (χ1n) is 5.34. The Hall–Kier alpha value is -0.770. The Kier molecular flexibility index (Phi) is 3.46. The molecule has 1 aliphatic rings. The SMILES string of the molecule is CC(=O)c1cc(CC2CCCCS2)on1. The monoisotopic (exact) mass is 225 g/mol. The molecule has 0 N–H and O–H groups in total. The number of carbonyl (C=O) groups is 1. The molecule has 0 aromatic carbocycles. The van der Waals surface area contributed by atoms with E-state index in [1.807, 2.05) is 11.8 Å². The van der Waals surface area contributed by atoms with Crippen molar-refractivity contribution in [3.8, 4) is 0 Å². The van der Waals surface area contributed by atoms with E-state index >= 15 is 0 Å². The van der Waals surface area contributed by atoms with E-state index in [1.165, 1.54) is 31.9 Å². The maximum absolute atomic E-state index is 11.0. The molecular formula is C11H15NO2S. The zero-order valence-corrected chi connectivity index (χ0v) is 9.68. The van der Waals surface area contributed by atoms with Gasteiger partial charge in [0.15, 0.2) is 5.78 Å². The molecule has 0 saturated carbocycles. The van der Waals surface area contributed by atoms with Crippen LogP contribution in [0.5, 0.6) is 0 Å². The minimum absolute atomic E-state index is 0.0266. The summed E-state index contributed by atoms with van der Waals surface area (Å²) in [5.41, 5.74) is 0.450. The normalized spacial score (nSPS) is 21.5. The van der Waals surface area contributed by atoms with Crippen molar-refractivity contribution in [3.63, 3.8) is 0 Å². The molecule has 1 aromatic heterocycles. The van der Waals surface area contributed by atoms with Gasteiger partial charge in [0.1, 0.15) is 11.5 Å². The molecule has 1 fully saturated rings. The highest BCUT2D eigenvalue weighted by Gasteiger charge is 2.17. The molecule has 2 heterocycles. The molecule has 1 aliphatic heterocycles. The second-order valence-electron chi connectivity index (χ2n) is 3.93. The second kappa shape index (κ2) is 4.84. The molecule has 2 rings (SSSR count). The lowest BCUT2D eigenvalue weighted by molar-refractivity contribution is 0.100. The van der Waals surface area contributed by atoms with Crippen molar-refractivity contribution < 1.29 is 9.32 Å². The number of hydrogen-bond donors (Lipinski definition) is 0. The molecule has 15 heavy (non-hydrogen) atoms. The second-order valence-corrected chi connectivity index (χ2v) is 5.34. The lowest BCUT2D eigenvalue weighted by Crippen LogP contribution is -2.11. The summed E-state index contributed by atoms with van der Waals surface area (Å²) in [5, 5.41) is 4.39. The average molecular weight is 225 g/mol. The molecule has 1 atom stereocenters. The number of Topliss-reactive ketones (excluding diaryl/α,β-unsaturated/α-hetero) is 1. The van der Waals surface area contributed by atoms with E-state index in [4.69, 9.17) is 4.52 Å². The van der Waals surface area contributed by atoms with Gasteiger partial charge in [0.05, 0.1) is 0 Å². The third kappa shape index (κ3) is 2.84. The fourth-order valence-corrected chi connectivity index (χ4v) is 3.09. The van der Waals surface area contributed by atoms with Crippen LogP contribution in [0, 0.1) is 0 Å². The van der Waals surface area contributed by atoms with Crippen LogP contribution in [0.4, 0.5) is 0 Å². The van der Waals surface area contributed by atoms with Crippen molar-refractivity contribution in [2.45, 2.75) is 37.9 Å². The molecule has 0 bridgehead atoms. The predicted molar refractivity (Wildman–Crippen MR) is 60.3 cm³/mol. The van der Waals surface area contributed by atoms with Gasteiger partial charge in [0.25, 0.3) is 0 Å². The Labute approximate surface area is 93.6 Å². The summed E-state index contributed by atoms with van der Waals surface area (Å²) >= 11 is 2.00. The molecule has 0 aliphatic carbocycles. The first-order chi connectivity index (χ1) is 7.25. The van der Waals surface area contributed by atoms with Gasteiger partial charge in [0.2, 0.25) is 0 Å². The van der Waals surface area contributed by atoms with Crippen molar-refractivity contribution in [2.75, 3.05) is 5.75 Å². The van der Waals surface area contributed by atoms with Crippen LogP contribution in [0.1, 0.15) is 42.4 Å². The van der Waals surface area contributed by atoms with Crippen LogP contribution >= 0.6 is 11.8 Å². The van der Waals surface area contributed by atoms with Gasteiger partial charge >= 0.3 is 0 Å². The van der Waals surface area contributed by atoms with Crippen LogP contribution in [0.25, 0.3) is 0 Å². The fourth-order valence-electron chi connectivity index (χ4n) is 1.77. The van der Waals surface area contributed by atoms with Gasteiger partial charge in [-0.05, 0) is 18.6 Å². The third-order valence-corrected chi connectivity index (χ3v) is 4.02. The van der Waals surface area contributed by atoms with Gasteiger partial charge in [-0.1, -0.05) is 11.6 Å². The smallest absolute Gasteiger partial charge is 0.181 e. The average Bonchev–Trinajstić information content (AvgIpc) is 2.68. The molecule has 1 unspecified atom stereocenters. The zero-order chi connectivity index (χ0) is 10.7. The van der Waals surface area contributed by atoms with Crippen LogP contribution < -0.4 is 0 Å². The molecule has 82 valence electrons. The quantitative estimate of drug-likeness (QED) is 0.742. The van der Waals surface area contributed by atoms with E-state index < -0.39 is 0 Å². The van der Waals surface area contributed by atoms with Gasteiger partial charge < -0.3 is 4.52 Å². The summed E-state index contributed by atoms with van der Waals surface area (Å²) in [4.78, 5) is 11.0. The first-order valence-corrected chi connectivity index (χ1v) is 6.38. The van der Waals surface area contributed by atoms with Gasteiger partial charge in [0, 0.05) is 24.7 Å². The van der Waals surface area contributed by atoms with Crippen molar-refractivity contribution in [1.29, 1.82) is 0 Å². The first kappa shape index (κ1) is 10.7. The Morgan fingerprint density at radius 2 is 2.53 bits per heavy atom. The number of thioether (sulfide) groups is 1. The highest BCUT2D eigenvalue weighted by molar-refractivity contribution is 7.99. The number of ketones is 1. The molecule has 1 saturated heterocycles. The number of carbonyl (C=O) groups excluding carboxylic acids is 1. The van der Waals surface area contributed by atoms with Crippen LogP contribution in [0.15, 0.2) is 10.6 Å². The van der Waals surface area contributed by atoms with Crippen LogP contribution in [-0.4, -0.2) is 21.9 Å². The molecule has 0 spiro atoms. The minimum atomic E-state index is -0.0266. The number of aromatic nitrogens is 1. The van der Waals surface area contributed by atoms with Gasteiger partial charge in [-0.3, -0.25) is 4.79 Å². The summed E-state index contributed by atoms with van der Waals surface area (Å²) in [7, 11) is 0. The predicted octanol–water partition coefficient (Wildman–Crippen LogP) is 2.71. The van der Waals surface area contributed by atoms with Gasteiger partial charge in [-0.15, -0.1) is 0 Å². The molecule has 4 heteroatoms. The summed E-state index contributed by atoms with van der Waals surface area (Å²) in [6, 6.07) is 1.78. The third-order valence-electron chi connectivity index (χ3n) is 2.62. The lowest BCUT2D eigenvalue weighted by atomic mass is 10.1. The largest absolute Gasteiger partial charge is 0.361 e. The van der Waals surface area contributed by atoms with Crippen LogP contribution in [0.2, 0.25) is 0 Å². The van der Waals surface area contributed by atoms with E-state index in [0.717, 1.165) is 12.2 Å². The van der Waals surface area contributed by atoms with Crippen LogP contribution in [0.3, 0.4) is 0 Å². The summed E-state index contributed by atoms with van der Waals surface area (Å²) in [6.45, 7) is 1.51. The Morgan fingerprint density at radius 3 is 3.13 bits per heavy atom. The Balaban J connectivity index is 1.94. The van der Waals surface area contributed by atoms with Gasteiger partial charge in [-0.25, -0.2) is 0 Å². The van der Waals surface area contributed by atoms with Gasteiger partial charge in [-0.2, -0.15) is 11.8 Å². The Morgan fingerprint density at radius 1 is 1.67 bits per heavy atom. The Bertz CT molecular complexity index is 342. The van der Waals surface area contributed by atoms with E-state index in [0.29, 0.717) is 10.9 Å². The highest BCUT2D eigenvalue weighted by atomic mass is 32.2. The van der Waals surface area contributed by atoms with Crippen molar-refractivity contribution in [3.05, 3.63) is 17.5 Å². The van der Waals surface area contributed by atoms with Crippen LogP contribution in [-0.2, 0) is 6.42 Å². The van der Waals surface area contributed by atoms with Crippen molar-refractivity contribution in [2.24, 2.45) is 0 Å². The molecule has 1 aromatic rings. The molecular weight excluding hydrogens is 210 g/mol. The fraction of sp³-hybridized carbons (Fsp3) is 0.636. The molecule has 0 radical (unpaired) electrons. The summed E-state index contributed by atoms with van der Waals surface area (Å²) < 4.78 is 5.14. The lowest BCUT2D eigenvalue weighted by Gasteiger charge is -2.19. The number of hydrogen-bond acceptors (Lipinski definition) is 4. The maximum atomic E-state index is 11.0. The van der Waals surface area contributed by atoms with Crippen molar-refractivity contribution in [1.82, 2.24) is 5.16 Å². The number of rotatable bonds is 3. The van der Waals surface area contributed by atoms with E-state index in [9.17, 15) is 4.79 Å². The summed E-state index contributed by atoms with van der Waals surface area (Å²) in [5.74, 6) is 2.07. The molecule has 0 amide bonds. The zero-order valence-electron chi connectivity index (χ0n) is 8.86. The topological polar surface area (TPSA) is 43.1 Å². The minimum Gasteiger partial charge on any atom is -0.361 e. The summed E-state index contributed by atoms with van der Waals surface area (Å²) in [6.07, 6.45) is 4.80. The van der Waals surface area contributed by atoms with E-state index in [1.54, 1.807) is 6.07 Å². The van der Waals surface area contributed by atoms with Crippen molar-refractivity contribution >= 4 is 17.5 Å². The number of nitrogens with zero attached hydrogens (tertiary/aromatic N) is 1. The standard InChI is InChI=1S/C11H15NO2S/c1-8(13)11-7-9(14-12-11)6-10-4-2-3-5-15-10/h7,10H,2-6H2,1H3. The maximum Gasteiger partial charge on any atom is 0.181 e. The molecule has 3 nitrogen and oxygen atoms in total. The van der Waals surface area contributed by atoms with E-state index in [-0.39, 0.29) is 5.78 Å².